The van der Waals surface area contributed by atoms with Gasteiger partial charge in [-0.05, 0) is 26.2 Å². The van der Waals surface area contributed by atoms with Gasteiger partial charge in [0.15, 0.2) is 23.1 Å². The van der Waals surface area contributed by atoms with Crippen molar-refractivity contribution in [1.29, 1.82) is 0 Å². The first kappa shape index (κ1) is 17.9. The third-order valence-corrected chi connectivity index (χ3v) is 3.73. The molecule has 26 heavy (non-hydrogen) atoms. The quantitative estimate of drug-likeness (QED) is 0.819. The maximum absolute atomic E-state index is 13.9. The number of allylic oxidation sites excluding steroid dienone is 2. The van der Waals surface area contributed by atoms with Gasteiger partial charge in [0, 0.05) is 19.2 Å². The first-order valence-electron chi connectivity index (χ1n) is 7.63. The van der Waals surface area contributed by atoms with Crippen molar-refractivity contribution >= 4 is 11.6 Å². The molecule has 1 aliphatic carbocycles. The lowest BCUT2D eigenvalue weighted by Gasteiger charge is -2.14. The highest BCUT2D eigenvalue weighted by Gasteiger charge is 2.33. The molecule has 2 aromatic rings. The minimum atomic E-state index is -1.69. The SMILES string of the molecule is CN(C)CCNC1=CC(=O)c2nc(-c3ccc(F)c(F)c3F)oc2C1=O. The van der Waals surface area contributed by atoms with Crippen LogP contribution in [-0.2, 0) is 0 Å². The van der Waals surface area contributed by atoms with Gasteiger partial charge in [0.1, 0.15) is 0 Å². The molecule has 0 bridgehead atoms. The van der Waals surface area contributed by atoms with Crippen molar-refractivity contribution in [2.45, 2.75) is 0 Å². The highest BCUT2D eigenvalue weighted by Crippen LogP contribution is 2.30. The standard InChI is InChI=1S/C17H14F3N3O3/c1-23(2)6-5-21-10-7-11(24)14-16(15(10)25)26-17(22-14)8-3-4-9(18)13(20)12(8)19/h3-4,7,21H,5-6H2,1-2H3. The van der Waals surface area contributed by atoms with E-state index in [2.05, 4.69) is 10.3 Å². The Kier molecular flexibility index (Phi) is 4.64. The molecule has 9 heteroatoms. The third-order valence-electron chi connectivity index (χ3n) is 3.73. The summed E-state index contributed by atoms with van der Waals surface area (Å²) >= 11 is 0. The summed E-state index contributed by atoms with van der Waals surface area (Å²) in [4.78, 5) is 30.3. The Balaban J connectivity index is 1.93. The van der Waals surface area contributed by atoms with E-state index < -0.39 is 40.5 Å². The summed E-state index contributed by atoms with van der Waals surface area (Å²) in [6.07, 6.45) is 1.08. The van der Waals surface area contributed by atoms with Crippen LogP contribution in [0.15, 0.2) is 28.3 Å². The number of rotatable bonds is 5. The zero-order chi connectivity index (χ0) is 19.0. The first-order chi connectivity index (χ1) is 12.3. The second kappa shape index (κ2) is 6.75. The molecular formula is C17H14F3N3O3. The molecule has 1 heterocycles. The summed E-state index contributed by atoms with van der Waals surface area (Å²) < 4.78 is 45.6. The van der Waals surface area contributed by atoms with Crippen molar-refractivity contribution in [1.82, 2.24) is 15.2 Å². The predicted octanol–water partition coefficient (Wildman–Crippen LogP) is 2.17. The van der Waals surface area contributed by atoms with Crippen LogP contribution in [0.4, 0.5) is 13.2 Å². The van der Waals surface area contributed by atoms with Gasteiger partial charge in [-0.3, -0.25) is 9.59 Å². The average Bonchev–Trinajstić information content (AvgIpc) is 3.03. The van der Waals surface area contributed by atoms with Crippen LogP contribution >= 0.6 is 0 Å². The number of likely N-dealkylation sites (N-methyl/N-ethyl adjacent to an activating group) is 1. The van der Waals surface area contributed by atoms with E-state index in [9.17, 15) is 22.8 Å². The number of nitrogens with zero attached hydrogens (tertiary/aromatic N) is 2. The number of hydrogen-bond acceptors (Lipinski definition) is 6. The molecule has 1 aromatic heterocycles. The normalized spacial score (nSPS) is 13.8. The lowest BCUT2D eigenvalue weighted by Crippen LogP contribution is -2.31. The molecule has 0 aliphatic heterocycles. The van der Waals surface area contributed by atoms with E-state index in [1.54, 1.807) is 0 Å². The van der Waals surface area contributed by atoms with E-state index in [4.69, 9.17) is 4.42 Å². The number of Topliss-reactive ketones (excluding diaryl/α,β-unsaturated/α-hetero) is 1. The summed E-state index contributed by atoms with van der Waals surface area (Å²) in [6.45, 7) is 1.03. The molecule has 0 fully saturated rings. The molecular weight excluding hydrogens is 351 g/mol. The van der Waals surface area contributed by atoms with Crippen LogP contribution in [0.3, 0.4) is 0 Å². The Hall–Kier alpha value is -2.94. The molecule has 0 spiro atoms. The monoisotopic (exact) mass is 365 g/mol. The zero-order valence-corrected chi connectivity index (χ0v) is 13.9. The number of hydrogen-bond donors (Lipinski definition) is 1. The molecule has 0 radical (unpaired) electrons. The van der Waals surface area contributed by atoms with E-state index in [0.29, 0.717) is 19.2 Å². The fourth-order valence-corrected chi connectivity index (χ4v) is 2.38. The zero-order valence-electron chi connectivity index (χ0n) is 13.9. The summed E-state index contributed by atoms with van der Waals surface area (Å²) in [5, 5.41) is 2.83. The number of ketones is 2. The molecule has 136 valence electrons. The van der Waals surface area contributed by atoms with Gasteiger partial charge in [0.2, 0.25) is 23.2 Å². The van der Waals surface area contributed by atoms with Crippen LogP contribution in [-0.4, -0.2) is 48.6 Å². The van der Waals surface area contributed by atoms with Crippen LogP contribution in [0.1, 0.15) is 21.0 Å². The molecule has 3 rings (SSSR count). The van der Waals surface area contributed by atoms with Crippen molar-refractivity contribution in [3.05, 3.63) is 52.8 Å². The summed E-state index contributed by atoms with van der Waals surface area (Å²) in [5.41, 5.74) is -0.758. The van der Waals surface area contributed by atoms with Crippen molar-refractivity contribution in [3.63, 3.8) is 0 Å². The van der Waals surface area contributed by atoms with Gasteiger partial charge in [-0.15, -0.1) is 0 Å². The number of aromatic nitrogens is 1. The van der Waals surface area contributed by atoms with Gasteiger partial charge in [-0.1, -0.05) is 0 Å². The molecule has 0 unspecified atom stereocenters. The van der Waals surface area contributed by atoms with Gasteiger partial charge in [0.05, 0.1) is 11.3 Å². The van der Waals surface area contributed by atoms with E-state index in [-0.39, 0.29) is 17.2 Å². The minimum Gasteiger partial charge on any atom is -0.432 e. The summed E-state index contributed by atoms with van der Waals surface area (Å²) in [6, 6.07) is 1.62. The number of oxazole rings is 1. The third kappa shape index (κ3) is 3.13. The largest absolute Gasteiger partial charge is 0.432 e. The molecule has 0 amide bonds. The van der Waals surface area contributed by atoms with Crippen LogP contribution in [0.2, 0.25) is 0 Å². The number of nitrogens with one attached hydrogen (secondary N) is 1. The van der Waals surface area contributed by atoms with Gasteiger partial charge >= 0.3 is 0 Å². The second-order valence-corrected chi connectivity index (χ2v) is 5.90. The fraction of sp³-hybridized carbons (Fsp3) is 0.235. The fourth-order valence-electron chi connectivity index (χ4n) is 2.38. The van der Waals surface area contributed by atoms with Gasteiger partial charge < -0.3 is 14.6 Å². The van der Waals surface area contributed by atoms with E-state index >= 15 is 0 Å². The number of fused-ring (bicyclic) bond motifs is 1. The lowest BCUT2D eigenvalue weighted by atomic mass is 10.0. The molecule has 6 nitrogen and oxygen atoms in total. The molecule has 0 atom stereocenters. The molecule has 1 aromatic carbocycles. The molecule has 0 saturated heterocycles. The number of halogens is 3. The van der Waals surface area contributed by atoms with Crippen LogP contribution < -0.4 is 5.32 Å². The van der Waals surface area contributed by atoms with Crippen molar-refractivity contribution in [2.75, 3.05) is 27.2 Å². The van der Waals surface area contributed by atoms with E-state index in [0.717, 1.165) is 12.1 Å². The average molecular weight is 365 g/mol. The first-order valence-corrected chi connectivity index (χ1v) is 7.63. The van der Waals surface area contributed by atoms with Crippen molar-refractivity contribution < 1.29 is 27.2 Å². The number of benzene rings is 1. The van der Waals surface area contributed by atoms with Crippen molar-refractivity contribution in [3.8, 4) is 11.5 Å². The summed E-state index contributed by atoms with van der Waals surface area (Å²) in [5.74, 6) is -6.66. The predicted molar refractivity (Wildman–Crippen MR) is 85.1 cm³/mol. The highest BCUT2D eigenvalue weighted by molar-refractivity contribution is 6.22. The van der Waals surface area contributed by atoms with Crippen molar-refractivity contribution in [2.24, 2.45) is 0 Å². The topological polar surface area (TPSA) is 75.4 Å². The van der Waals surface area contributed by atoms with Gasteiger partial charge in [-0.2, -0.15) is 0 Å². The maximum Gasteiger partial charge on any atom is 0.246 e. The molecule has 1 N–H and O–H groups in total. The Labute approximate surface area is 146 Å². The van der Waals surface area contributed by atoms with E-state index in [1.165, 1.54) is 0 Å². The Morgan fingerprint density at radius 1 is 1.15 bits per heavy atom. The van der Waals surface area contributed by atoms with Gasteiger partial charge in [0.25, 0.3) is 0 Å². The lowest BCUT2D eigenvalue weighted by molar-refractivity contribution is 0.0956. The van der Waals surface area contributed by atoms with Gasteiger partial charge in [-0.25, -0.2) is 18.2 Å². The Bertz CT molecular complexity index is 935. The number of carbonyl (C=O) groups excluding carboxylic acids is 2. The highest BCUT2D eigenvalue weighted by atomic mass is 19.2. The van der Waals surface area contributed by atoms with Crippen LogP contribution in [0, 0.1) is 17.5 Å². The minimum absolute atomic E-state index is 0.0257. The van der Waals surface area contributed by atoms with Crippen LogP contribution in [0.5, 0.6) is 0 Å². The van der Waals surface area contributed by atoms with Crippen LogP contribution in [0.25, 0.3) is 11.5 Å². The molecule has 0 saturated carbocycles. The summed E-state index contributed by atoms with van der Waals surface area (Å²) in [7, 11) is 3.70. The maximum atomic E-state index is 13.9. The second-order valence-electron chi connectivity index (χ2n) is 5.90. The molecule has 1 aliphatic rings. The Morgan fingerprint density at radius 2 is 1.88 bits per heavy atom. The number of carbonyl (C=O) groups is 2. The smallest absolute Gasteiger partial charge is 0.246 e. The van der Waals surface area contributed by atoms with E-state index in [1.807, 2.05) is 19.0 Å². The Morgan fingerprint density at radius 3 is 2.58 bits per heavy atom.